The van der Waals surface area contributed by atoms with E-state index < -0.39 is 0 Å². The van der Waals surface area contributed by atoms with Gasteiger partial charge >= 0.3 is 0 Å². The van der Waals surface area contributed by atoms with Crippen LogP contribution in [0, 0.1) is 5.92 Å². The van der Waals surface area contributed by atoms with Gasteiger partial charge in [0.2, 0.25) is 0 Å². The molecule has 1 saturated carbocycles. The summed E-state index contributed by atoms with van der Waals surface area (Å²) in [4.78, 5) is 18.1. The second-order valence-electron chi connectivity index (χ2n) is 11.4. The third-order valence-corrected chi connectivity index (χ3v) is 8.40. The maximum Gasteiger partial charge on any atom is 0.182 e. The molecule has 0 radical (unpaired) electrons. The number of anilines is 2. The summed E-state index contributed by atoms with van der Waals surface area (Å²) in [5, 5.41) is 0.674. The van der Waals surface area contributed by atoms with E-state index >= 15 is 0 Å². The third-order valence-electron chi connectivity index (χ3n) is 8.15. The normalized spacial score (nSPS) is 20.8. The molecule has 1 fully saturated rings. The van der Waals surface area contributed by atoms with Crippen LogP contribution in [0.3, 0.4) is 0 Å². The molecule has 1 aliphatic carbocycles. The van der Waals surface area contributed by atoms with Crippen LogP contribution in [0.1, 0.15) is 67.1 Å². The minimum atomic E-state index is -0.194. The van der Waals surface area contributed by atoms with Gasteiger partial charge in [0.25, 0.3) is 0 Å². The fraction of sp³-hybridized carbons (Fsp3) is 0.424. The topological polar surface area (TPSA) is 68.0 Å². The number of carbonyl (C=O) groups is 1. The third kappa shape index (κ3) is 6.08. The number of nitrogens with two attached hydrogens (primary N) is 1. The lowest BCUT2D eigenvalue weighted by Crippen LogP contribution is -2.40. The summed E-state index contributed by atoms with van der Waals surface area (Å²) >= 11 is 6.26. The molecule has 2 aliphatic rings. The van der Waals surface area contributed by atoms with Gasteiger partial charge in [-0.05, 0) is 105 Å². The SMILES string of the molecule is COc1cc2c(cc1OC(C)C)C(c1ccc(Cl)cc1)N(c1ccc(N(C)CC3CCC(N)CC3)cc1)CC2=O. The van der Waals surface area contributed by atoms with Crippen LogP contribution < -0.4 is 25.0 Å². The molecule has 1 aliphatic heterocycles. The van der Waals surface area contributed by atoms with Crippen molar-refractivity contribution < 1.29 is 14.3 Å². The molecule has 1 atom stereocenters. The van der Waals surface area contributed by atoms with Crippen molar-refractivity contribution in [3.63, 3.8) is 0 Å². The van der Waals surface area contributed by atoms with Crippen molar-refractivity contribution in [3.05, 3.63) is 82.4 Å². The molecule has 1 unspecified atom stereocenters. The van der Waals surface area contributed by atoms with Crippen LogP contribution in [-0.4, -0.2) is 45.2 Å². The predicted octanol–water partition coefficient (Wildman–Crippen LogP) is 6.88. The summed E-state index contributed by atoms with van der Waals surface area (Å²) in [6, 6.07) is 20.4. The van der Waals surface area contributed by atoms with Crippen LogP contribution in [0.2, 0.25) is 5.02 Å². The van der Waals surface area contributed by atoms with Crippen molar-refractivity contribution in [1.82, 2.24) is 0 Å². The van der Waals surface area contributed by atoms with Crippen LogP contribution >= 0.6 is 11.6 Å². The molecule has 0 bridgehead atoms. The Balaban J connectivity index is 1.49. The number of rotatable bonds is 8. The first-order valence-corrected chi connectivity index (χ1v) is 14.6. The minimum Gasteiger partial charge on any atom is -0.493 e. The van der Waals surface area contributed by atoms with Crippen molar-refractivity contribution in [2.24, 2.45) is 11.7 Å². The molecule has 3 aromatic carbocycles. The van der Waals surface area contributed by atoms with Gasteiger partial charge in [-0.15, -0.1) is 0 Å². The first kappa shape index (κ1) is 28.3. The van der Waals surface area contributed by atoms with Gasteiger partial charge in [0.15, 0.2) is 17.3 Å². The summed E-state index contributed by atoms with van der Waals surface area (Å²) in [6.45, 7) is 5.24. The molecule has 1 heterocycles. The van der Waals surface area contributed by atoms with Crippen molar-refractivity contribution in [1.29, 1.82) is 0 Å². The Labute approximate surface area is 243 Å². The molecule has 40 heavy (non-hydrogen) atoms. The number of carbonyl (C=O) groups excluding carboxylic acids is 1. The van der Waals surface area contributed by atoms with Crippen LogP contribution in [0.15, 0.2) is 60.7 Å². The van der Waals surface area contributed by atoms with Gasteiger partial charge in [-0.1, -0.05) is 23.7 Å². The molecule has 0 aromatic heterocycles. The maximum absolute atomic E-state index is 13.5. The van der Waals surface area contributed by atoms with Crippen molar-refractivity contribution in [2.75, 3.05) is 37.0 Å². The lowest BCUT2D eigenvalue weighted by molar-refractivity contribution is 0.0989. The van der Waals surface area contributed by atoms with Gasteiger partial charge in [0.1, 0.15) is 0 Å². The molecule has 212 valence electrons. The van der Waals surface area contributed by atoms with Crippen LogP contribution in [0.4, 0.5) is 11.4 Å². The van der Waals surface area contributed by atoms with Crippen LogP contribution in [0.5, 0.6) is 11.5 Å². The summed E-state index contributed by atoms with van der Waals surface area (Å²) in [5.74, 6) is 1.92. The zero-order chi connectivity index (χ0) is 28.4. The molecule has 0 saturated heterocycles. The predicted molar refractivity (Wildman–Crippen MR) is 163 cm³/mol. The fourth-order valence-electron chi connectivity index (χ4n) is 6.06. The molecule has 3 aromatic rings. The number of nitrogens with zero attached hydrogens (tertiary/aromatic N) is 2. The van der Waals surface area contributed by atoms with Crippen molar-refractivity contribution in [3.8, 4) is 11.5 Å². The van der Waals surface area contributed by atoms with E-state index in [9.17, 15) is 4.79 Å². The van der Waals surface area contributed by atoms with E-state index in [-0.39, 0.29) is 24.5 Å². The quantitative estimate of drug-likeness (QED) is 0.323. The minimum absolute atomic E-state index is 0.0359. The van der Waals surface area contributed by atoms with Crippen LogP contribution in [0.25, 0.3) is 0 Å². The summed E-state index contributed by atoms with van der Waals surface area (Å²) < 4.78 is 11.7. The van der Waals surface area contributed by atoms with E-state index in [1.54, 1.807) is 7.11 Å². The maximum atomic E-state index is 13.5. The highest BCUT2D eigenvalue weighted by molar-refractivity contribution is 6.30. The average molecular weight is 562 g/mol. The lowest BCUT2D eigenvalue weighted by atomic mass is 9.86. The van der Waals surface area contributed by atoms with Gasteiger partial charge in [-0.2, -0.15) is 0 Å². The Morgan fingerprint density at radius 3 is 2.30 bits per heavy atom. The summed E-state index contributed by atoms with van der Waals surface area (Å²) in [5.41, 5.74) is 10.9. The zero-order valence-corrected chi connectivity index (χ0v) is 24.7. The number of methoxy groups -OCH3 is 1. The van der Waals surface area contributed by atoms with Crippen molar-refractivity contribution in [2.45, 2.75) is 57.7 Å². The van der Waals surface area contributed by atoms with E-state index in [1.165, 1.54) is 18.5 Å². The highest BCUT2D eigenvalue weighted by Gasteiger charge is 2.35. The van der Waals surface area contributed by atoms with Gasteiger partial charge < -0.3 is 25.0 Å². The van der Waals surface area contributed by atoms with Gasteiger partial charge in [-0.3, -0.25) is 4.79 Å². The second-order valence-corrected chi connectivity index (χ2v) is 11.9. The molecule has 0 spiro atoms. The van der Waals surface area contributed by atoms with Crippen LogP contribution in [-0.2, 0) is 0 Å². The van der Waals surface area contributed by atoms with Gasteiger partial charge in [0, 0.05) is 41.6 Å². The number of fused-ring (bicyclic) bond motifs is 1. The molecule has 2 N–H and O–H groups in total. The Morgan fingerprint density at radius 1 is 1.00 bits per heavy atom. The number of hydrogen-bond donors (Lipinski definition) is 1. The summed E-state index contributed by atoms with van der Waals surface area (Å²) in [7, 11) is 3.76. The molecule has 5 rings (SSSR count). The standard InChI is InChI=1S/C33H40ClN3O3/c1-21(2)40-32-18-29-28(17-31(32)39-4)30(38)20-37(33(29)23-7-9-24(34)10-8-23)27-15-13-26(14-16-27)36(3)19-22-5-11-25(35)12-6-22/h7-10,13-18,21-22,25,33H,5-6,11-12,19-20,35H2,1-4H3. The van der Waals surface area contributed by atoms with E-state index in [4.69, 9.17) is 26.8 Å². The number of Topliss-reactive ketones (excluding diaryl/α,β-unsaturated/α-hetero) is 1. The molecular formula is C33H40ClN3O3. The van der Waals surface area contributed by atoms with E-state index in [2.05, 4.69) is 41.1 Å². The Kier molecular flexibility index (Phi) is 8.57. The van der Waals surface area contributed by atoms with E-state index in [0.717, 1.165) is 36.2 Å². The van der Waals surface area contributed by atoms with Gasteiger partial charge in [-0.25, -0.2) is 0 Å². The monoisotopic (exact) mass is 561 g/mol. The molecule has 7 heteroatoms. The highest BCUT2D eigenvalue weighted by atomic mass is 35.5. The Bertz CT molecular complexity index is 1320. The smallest absolute Gasteiger partial charge is 0.182 e. The van der Waals surface area contributed by atoms with Crippen molar-refractivity contribution >= 4 is 28.8 Å². The number of benzene rings is 3. The Morgan fingerprint density at radius 2 is 1.68 bits per heavy atom. The lowest BCUT2D eigenvalue weighted by Gasteiger charge is -2.39. The first-order valence-electron chi connectivity index (χ1n) is 14.2. The molecule has 6 nitrogen and oxygen atoms in total. The first-order chi connectivity index (χ1) is 19.2. The fourth-order valence-corrected chi connectivity index (χ4v) is 6.18. The number of hydrogen-bond acceptors (Lipinski definition) is 6. The summed E-state index contributed by atoms with van der Waals surface area (Å²) in [6.07, 6.45) is 4.57. The number of ketones is 1. The number of halogens is 1. The largest absolute Gasteiger partial charge is 0.493 e. The zero-order valence-electron chi connectivity index (χ0n) is 23.9. The number of ether oxygens (including phenoxy) is 2. The molecule has 0 amide bonds. The second kappa shape index (κ2) is 12.1. The Hall–Kier alpha value is -3.22. The van der Waals surface area contributed by atoms with Gasteiger partial charge in [0.05, 0.1) is 25.8 Å². The van der Waals surface area contributed by atoms with E-state index in [0.29, 0.717) is 34.0 Å². The molecular weight excluding hydrogens is 522 g/mol. The van der Waals surface area contributed by atoms with E-state index in [1.807, 2.05) is 50.2 Å². The highest BCUT2D eigenvalue weighted by Crippen LogP contribution is 2.43. The average Bonchev–Trinajstić information content (AvgIpc) is 2.94.